The van der Waals surface area contributed by atoms with Gasteiger partial charge < -0.3 is 15.2 Å². The average Bonchev–Trinajstić information content (AvgIpc) is 2.09. The third-order valence-electron chi connectivity index (χ3n) is 2.82. The van der Waals surface area contributed by atoms with E-state index in [1.54, 1.807) is 0 Å². The third kappa shape index (κ3) is 3.25. The van der Waals surface area contributed by atoms with Crippen molar-refractivity contribution in [3.8, 4) is 0 Å². The van der Waals surface area contributed by atoms with Crippen LogP contribution in [0.1, 0.15) is 26.2 Å². The van der Waals surface area contributed by atoms with Gasteiger partial charge in [-0.25, -0.2) is 0 Å². The van der Waals surface area contributed by atoms with Gasteiger partial charge in [-0.05, 0) is 19.3 Å². The fourth-order valence-electron chi connectivity index (χ4n) is 1.65. The van der Waals surface area contributed by atoms with Crippen molar-refractivity contribution >= 4 is 0 Å². The zero-order valence-corrected chi connectivity index (χ0v) is 8.55. The lowest BCUT2D eigenvalue weighted by atomic mass is 9.79. The first-order valence-electron chi connectivity index (χ1n) is 5.18. The summed E-state index contributed by atoms with van der Waals surface area (Å²) >= 11 is 0. The van der Waals surface area contributed by atoms with Crippen molar-refractivity contribution in [2.75, 3.05) is 33.0 Å². The van der Waals surface area contributed by atoms with E-state index in [-0.39, 0.29) is 0 Å². The van der Waals surface area contributed by atoms with Gasteiger partial charge in [0.1, 0.15) is 0 Å². The van der Waals surface area contributed by atoms with Gasteiger partial charge in [0.05, 0.1) is 19.8 Å². The molecule has 0 saturated carbocycles. The molecule has 2 N–H and O–H groups in total. The molecule has 3 nitrogen and oxygen atoms in total. The fraction of sp³-hybridized carbons (Fsp3) is 1.00. The molecule has 0 spiro atoms. The van der Waals surface area contributed by atoms with E-state index in [4.69, 9.17) is 15.2 Å². The summed E-state index contributed by atoms with van der Waals surface area (Å²) in [5, 5.41) is 0. The van der Waals surface area contributed by atoms with Crippen molar-refractivity contribution in [3.63, 3.8) is 0 Å². The minimum atomic E-state index is 0.478. The van der Waals surface area contributed by atoms with Crippen molar-refractivity contribution < 1.29 is 9.47 Å². The summed E-state index contributed by atoms with van der Waals surface area (Å²) < 4.78 is 10.6. The molecule has 0 aromatic heterocycles. The molecule has 1 aliphatic rings. The van der Waals surface area contributed by atoms with Gasteiger partial charge in [0.2, 0.25) is 0 Å². The number of ether oxygens (including phenoxy) is 2. The van der Waals surface area contributed by atoms with Crippen LogP contribution in [0.5, 0.6) is 0 Å². The Morgan fingerprint density at radius 2 is 2.15 bits per heavy atom. The highest BCUT2D eigenvalue weighted by atomic mass is 16.5. The second-order valence-corrected chi connectivity index (χ2v) is 3.85. The molecule has 78 valence electrons. The topological polar surface area (TPSA) is 44.5 Å². The minimum Gasteiger partial charge on any atom is -0.380 e. The fourth-order valence-corrected chi connectivity index (χ4v) is 1.65. The van der Waals surface area contributed by atoms with Crippen LogP contribution in [0.15, 0.2) is 0 Å². The van der Waals surface area contributed by atoms with Crippen LogP contribution in [-0.4, -0.2) is 33.0 Å². The maximum atomic E-state index is 5.33. The highest BCUT2D eigenvalue weighted by molar-refractivity contribution is 4.83. The maximum absolute atomic E-state index is 5.33. The zero-order chi connectivity index (χ0) is 9.57. The minimum absolute atomic E-state index is 0.478. The Morgan fingerprint density at radius 3 is 2.62 bits per heavy atom. The molecule has 1 saturated heterocycles. The van der Waals surface area contributed by atoms with Crippen LogP contribution in [0.25, 0.3) is 0 Å². The molecule has 0 radical (unpaired) electrons. The Morgan fingerprint density at radius 1 is 1.38 bits per heavy atom. The van der Waals surface area contributed by atoms with Crippen LogP contribution in [0.2, 0.25) is 0 Å². The van der Waals surface area contributed by atoms with Gasteiger partial charge in [-0.3, -0.25) is 0 Å². The number of hydrogen-bond donors (Lipinski definition) is 1. The molecule has 0 unspecified atom stereocenters. The lowest BCUT2D eigenvalue weighted by molar-refractivity contribution is -0.121. The van der Waals surface area contributed by atoms with Gasteiger partial charge >= 0.3 is 0 Å². The second-order valence-electron chi connectivity index (χ2n) is 3.85. The largest absolute Gasteiger partial charge is 0.380 e. The Balaban J connectivity index is 1.98. The highest BCUT2D eigenvalue weighted by Gasteiger charge is 2.35. The van der Waals surface area contributed by atoms with E-state index in [0.29, 0.717) is 18.6 Å². The van der Waals surface area contributed by atoms with Crippen LogP contribution in [0.4, 0.5) is 0 Å². The zero-order valence-electron chi connectivity index (χ0n) is 8.55. The molecule has 3 heteroatoms. The molecule has 13 heavy (non-hydrogen) atoms. The summed E-state index contributed by atoms with van der Waals surface area (Å²) in [7, 11) is 0. The van der Waals surface area contributed by atoms with E-state index in [1.807, 2.05) is 0 Å². The number of hydrogen-bond acceptors (Lipinski definition) is 3. The first-order chi connectivity index (χ1) is 6.33. The van der Waals surface area contributed by atoms with Crippen molar-refractivity contribution in [2.24, 2.45) is 11.1 Å². The second kappa shape index (κ2) is 5.58. The SMILES string of the molecule is CCC1(CCCOCCN)COC1. The van der Waals surface area contributed by atoms with Gasteiger partial charge in [0, 0.05) is 18.6 Å². The normalized spacial score (nSPS) is 19.8. The molecular formula is C10H21NO2. The van der Waals surface area contributed by atoms with Crippen molar-refractivity contribution in [3.05, 3.63) is 0 Å². The summed E-state index contributed by atoms with van der Waals surface area (Å²) in [5.41, 5.74) is 5.79. The molecule has 1 aliphatic heterocycles. The Bertz CT molecular complexity index is 129. The van der Waals surface area contributed by atoms with Crippen molar-refractivity contribution in [1.82, 2.24) is 0 Å². The summed E-state index contributed by atoms with van der Waals surface area (Å²) in [4.78, 5) is 0. The predicted octanol–water partition coefficient (Wildman–Crippen LogP) is 1.17. The molecule has 1 heterocycles. The first-order valence-corrected chi connectivity index (χ1v) is 5.18. The summed E-state index contributed by atoms with van der Waals surface area (Å²) in [6, 6.07) is 0. The highest BCUT2D eigenvalue weighted by Crippen LogP contribution is 2.35. The average molecular weight is 187 g/mol. The molecular weight excluding hydrogens is 166 g/mol. The molecule has 1 rings (SSSR count). The monoisotopic (exact) mass is 187 g/mol. The van der Waals surface area contributed by atoms with Crippen LogP contribution in [0.3, 0.4) is 0 Å². The van der Waals surface area contributed by atoms with Crippen molar-refractivity contribution in [2.45, 2.75) is 26.2 Å². The lowest BCUT2D eigenvalue weighted by Crippen LogP contribution is -2.42. The number of nitrogens with two attached hydrogens (primary N) is 1. The molecule has 0 bridgehead atoms. The van der Waals surface area contributed by atoms with E-state index in [9.17, 15) is 0 Å². The van der Waals surface area contributed by atoms with Gasteiger partial charge in [0.25, 0.3) is 0 Å². The third-order valence-corrected chi connectivity index (χ3v) is 2.82. The van der Waals surface area contributed by atoms with Gasteiger partial charge in [-0.2, -0.15) is 0 Å². The van der Waals surface area contributed by atoms with Crippen LogP contribution < -0.4 is 5.73 Å². The van der Waals surface area contributed by atoms with E-state index in [0.717, 1.165) is 26.2 Å². The standard InChI is InChI=1S/C10H21NO2/c1-2-10(8-13-9-10)4-3-6-12-7-5-11/h2-9,11H2,1H3. The molecule has 0 aromatic carbocycles. The van der Waals surface area contributed by atoms with Crippen LogP contribution in [-0.2, 0) is 9.47 Å². The van der Waals surface area contributed by atoms with Gasteiger partial charge in [-0.1, -0.05) is 6.92 Å². The quantitative estimate of drug-likeness (QED) is 0.608. The Hall–Kier alpha value is -0.120. The molecule has 0 aromatic rings. The smallest absolute Gasteiger partial charge is 0.0588 e. The summed E-state index contributed by atoms with van der Waals surface area (Å²) in [5.74, 6) is 0. The summed E-state index contributed by atoms with van der Waals surface area (Å²) in [6.45, 7) is 6.29. The molecule has 1 fully saturated rings. The van der Waals surface area contributed by atoms with Crippen LogP contribution in [0, 0.1) is 5.41 Å². The van der Waals surface area contributed by atoms with E-state index >= 15 is 0 Å². The Labute approximate surface area is 80.6 Å². The van der Waals surface area contributed by atoms with E-state index < -0.39 is 0 Å². The molecule has 0 amide bonds. The lowest BCUT2D eigenvalue weighted by Gasteiger charge is -2.41. The maximum Gasteiger partial charge on any atom is 0.0588 e. The Kier molecular flexibility index (Phi) is 4.70. The van der Waals surface area contributed by atoms with Gasteiger partial charge in [-0.15, -0.1) is 0 Å². The first kappa shape index (κ1) is 11.0. The van der Waals surface area contributed by atoms with E-state index in [2.05, 4.69) is 6.92 Å². The molecule has 0 aliphatic carbocycles. The predicted molar refractivity (Wildman–Crippen MR) is 52.7 cm³/mol. The van der Waals surface area contributed by atoms with Gasteiger partial charge in [0.15, 0.2) is 0 Å². The van der Waals surface area contributed by atoms with Crippen LogP contribution >= 0.6 is 0 Å². The summed E-state index contributed by atoms with van der Waals surface area (Å²) in [6.07, 6.45) is 3.59. The van der Waals surface area contributed by atoms with E-state index in [1.165, 1.54) is 12.8 Å². The number of rotatable bonds is 7. The molecule has 0 atom stereocenters. The van der Waals surface area contributed by atoms with Crippen molar-refractivity contribution in [1.29, 1.82) is 0 Å².